The van der Waals surface area contributed by atoms with Crippen molar-refractivity contribution in [3.63, 3.8) is 0 Å². The summed E-state index contributed by atoms with van der Waals surface area (Å²) in [5.41, 5.74) is 0.691. The Kier molecular flexibility index (Phi) is 3.68. The van der Waals surface area contributed by atoms with Gasteiger partial charge in [-0.1, -0.05) is 19.1 Å². The maximum absolute atomic E-state index is 11.9. The SMILES string of the molecule is CCNCCN(C)C1=NS(=O)(=O)c2ccccc21. The first-order valence-electron chi connectivity index (χ1n) is 5.92. The van der Waals surface area contributed by atoms with Gasteiger partial charge in [0.05, 0.1) is 0 Å². The van der Waals surface area contributed by atoms with Crippen molar-refractivity contribution in [1.82, 2.24) is 10.2 Å². The first-order chi connectivity index (χ1) is 8.56. The number of nitrogens with one attached hydrogen (secondary N) is 1. The molecule has 0 saturated carbocycles. The molecule has 2 rings (SSSR count). The van der Waals surface area contributed by atoms with Gasteiger partial charge in [-0.2, -0.15) is 8.42 Å². The molecule has 98 valence electrons. The number of nitrogens with zero attached hydrogens (tertiary/aromatic N) is 2. The average molecular weight is 267 g/mol. The molecule has 18 heavy (non-hydrogen) atoms. The Hall–Kier alpha value is -1.40. The van der Waals surface area contributed by atoms with Crippen LogP contribution < -0.4 is 5.32 Å². The minimum absolute atomic E-state index is 0.301. The summed E-state index contributed by atoms with van der Waals surface area (Å²) in [5.74, 6) is 0.531. The van der Waals surface area contributed by atoms with E-state index in [4.69, 9.17) is 0 Å². The summed E-state index contributed by atoms with van der Waals surface area (Å²) in [7, 11) is -1.65. The highest BCUT2D eigenvalue weighted by Crippen LogP contribution is 2.26. The van der Waals surface area contributed by atoms with Gasteiger partial charge >= 0.3 is 0 Å². The number of amidine groups is 1. The van der Waals surface area contributed by atoms with Crippen molar-refractivity contribution < 1.29 is 8.42 Å². The Morgan fingerprint density at radius 2 is 2.06 bits per heavy atom. The van der Waals surface area contributed by atoms with Gasteiger partial charge in [0.15, 0.2) is 5.84 Å². The quantitative estimate of drug-likeness (QED) is 0.815. The van der Waals surface area contributed by atoms with E-state index in [-0.39, 0.29) is 0 Å². The molecule has 1 heterocycles. The van der Waals surface area contributed by atoms with Crippen molar-refractivity contribution >= 4 is 15.9 Å². The van der Waals surface area contributed by atoms with Gasteiger partial charge in [-0.15, -0.1) is 4.40 Å². The summed E-state index contributed by atoms with van der Waals surface area (Å²) in [4.78, 5) is 2.17. The van der Waals surface area contributed by atoms with E-state index in [2.05, 4.69) is 9.71 Å². The lowest BCUT2D eigenvalue weighted by atomic mass is 10.2. The zero-order valence-electron chi connectivity index (χ0n) is 10.5. The third kappa shape index (κ3) is 2.39. The molecule has 0 fully saturated rings. The van der Waals surface area contributed by atoms with Gasteiger partial charge in [0.2, 0.25) is 0 Å². The Morgan fingerprint density at radius 3 is 2.78 bits per heavy atom. The molecule has 1 aliphatic rings. The van der Waals surface area contributed by atoms with Gasteiger partial charge in [-0.3, -0.25) is 0 Å². The van der Waals surface area contributed by atoms with Crippen molar-refractivity contribution in [3.05, 3.63) is 29.8 Å². The zero-order valence-corrected chi connectivity index (χ0v) is 11.4. The van der Waals surface area contributed by atoms with Gasteiger partial charge in [0, 0.05) is 25.7 Å². The number of rotatable bonds is 4. The lowest BCUT2D eigenvalue weighted by Gasteiger charge is -2.18. The number of likely N-dealkylation sites (N-methyl/N-ethyl adjacent to an activating group) is 2. The summed E-state index contributed by atoms with van der Waals surface area (Å²) in [6.45, 7) is 4.45. The van der Waals surface area contributed by atoms with Crippen molar-refractivity contribution in [1.29, 1.82) is 0 Å². The van der Waals surface area contributed by atoms with E-state index in [1.54, 1.807) is 18.2 Å². The molecule has 0 bridgehead atoms. The molecule has 0 atom stereocenters. The van der Waals surface area contributed by atoms with Crippen LogP contribution in [0.15, 0.2) is 33.6 Å². The molecule has 0 amide bonds. The smallest absolute Gasteiger partial charge is 0.285 e. The minimum Gasteiger partial charge on any atom is -0.357 e. The molecule has 0 spiro atoms. The van der Waals surface area contributed by atoms with Gasteiger partial charge in [0.25, 0.3) is 10.0 Å². The molecule has 1 aromatic rings. The van der Waals surface area contributed by atoms with Crippen LogP contribution in [0.25, 0.3) is 0 Å². The topological polar surface area (TPSA) is 61.8 Å². The highest BCUT2D eigenvalue weighted by molar-refractivity contribution is 7.90. The monoisotopic (exact) mass is 267 g/mol. The number of fused-ring (bicyclic) bond motifs is 1. The van der Waals surface area contributed by atoms with Crippen LogP contribution in [0.3, 0.4) is 0 Å². The average Bonchev–Trinajstić information content (AvgIpc) is 2.63. The lowest BCUT2D eigenvalue weighted by molar-refractivity contribution is 0.488. The maximum Gasteiger partial charge on any atom is 0.285 e. The molecule has 0 aliphatic carbocycles. The molecule has 1 aliphatic heterocycles. The fourth-order valence-electron chi connectivity index (χ4n) is 1.89. The number of hydrogen-bond donors (Lipinski definition) is 1. The van der Waals surface area contributed by atoms with Crippen LogP contribution in [0.5, 0.6) is 0 Å². The zero-order chi connectivity index (χ0) is 13.2. The van der Waals surface area contributed by atoms with Crippen LogP contribution in [-0.2, 0) is 10.0 Å². The fraction of sp³-hybridized carbons (Fsp3) is 0.417. The van der Waals surface area contributed by atoms with E-state index in [0.717, 1.165) is 19.6 Å². The maximum atomic E-state index is 11.9. The molecule has 1 aromatic carbocycles. The van der Waals surface area contributed by atoms with Gasteiger partial charge in [-0.25, -0.2) is 0 Å². The molecule has 0 unspecified atom stereocenters. The largest absolute Gasteiger partial charge is 0.357 e. The van der Waals surface area contributed by atoms with Crippen LogP contribution >= 0.6 is 0 Å². The second-order valence-corrected chi connectivity index (χ2v) is 5.73. The van der Waals surface area contributed by atoms with Crippen molar-refractivity contribution in [2.24, 2.45) is 4.40 Å². The standard InChI is InChI=1S/C12H17N3O2S/c1-3-13-8-9-15(2)12-10-6-4-5-7-11(10)18(16,17)14-12/h4-7,13H,3,8-9H2,1-2H3. The van der Waals surface area contributed by atoms with Gasteiger partial charge < -0.3 is 10.2 Å². The van der Waals surface area contributed by atoms with E-state index in [1.165, 1.54) is 0 Å². The molecule has 6 heteroatoms. The fourth-order valence-corrected chi connectivity index (χ4v) is 3.14. The number of sulfonamides is 1. The van der Waals surface area contributed by atoms with Gasteiger partial charge in [0.1, 0.15) is 4.90 Å². The summed E-state index contributed by atoms with van der Waals surface area (Å²) in [6.07, 6.45) is 0. The molecule has 0 radical (unpaired) electrons. The molecular weight excluding hydrogens is 250 g/mol. The van der Waals surface area contributed by atoms with Crippen LogP contribution in [0.2, 0.25) is 0 Å². The summed E-state index contributed by atoms with van der Waals surface area (Å²) >= 11 is 0. The van der Waals surface area contributed by atoms with Gasteiger partial charge in [-0.05, 0) is 18.7 Å². The Morgan fingerprint density at radius 1 is 1.33 bits per heavy atom. The highest BCUT2D eigenvalue weighted by atomic mass is 32.2. The number of hydrogen-bond acceptors (Lipinski definition) is 4. The van der Waals surface area contributed by atoms with E-state index >= 15 is 0 Å². The van der Waals surface area contributed by atoms with Crippen LogP contribution in [0.4, 0.5) is 0 Å². The summed E-state index contributed by atoms with van der Waals surface area (Å²) in [5, 5.41) is 3.20. The summed E-state index contributed by atoms with van der Waals surface area (Å²) < 4.78 is 27.6. The van der Waals surface area contributed by atoms with Crippen molar-refractivity contribution in [2.75, 3.05) is 26.7 Å². The lowest BCUT2D eigenvalue weighted by Crippen LogP contribution is -2.33. The Labute approximate surface area is 108 Å². The third-order valence-electron chi connectivity index (χ3n) is 2.85. The van der Waals surface area contributed by atoms with Crippen molar-refractivity contribution in [3.8, 4) is 0 Å². The highest BCUT2D eigenvalue weighted by Gasteiger charge is 2.29. The van der Waals surface area contributed by atoms with Crippen molar-refractivity contribution in [2.45, 2.75) is 11.8 Å². The second-order valence-electron chi connectivity index (χ2n) is 4.16. The molecule has 0 saturated heterocycles. The Bertz CT molecular complexity index is 566. The molecule has 0 aromatic heterocycles. The van der Waals surface area contributed by atoms with Crippen LogP contribution in [0, 0.1) is 0 Å². The van der Waals surface area contributed by atoms with Crippen LogP contribution in [-0.4, -0.2) is 45.8 Å². The predicted octanol–water partition coefficient (Wildman–Crippen LogP) is 0.677. The summed E-state index contributed by atoms with van der Waals surface area (Å²) in [6, 6.07) is 6.93. The molecule has 1 N–H and O–H groups in total. The first kappa shape index (κ1) is 13.0. The van der Waals surface area contributed by atoms with E-state index in [0.29, 0.717) is 16.3 Å². The van der Waals surface area contributed by atoms with E-state index in [9.17, 15) is 8.42 Å². The van der Waals surface area contributed by atoms with E-state index in [1.807, 2.05) is 24.9 Å². The molecule has 5 nitrogen and oxygen atoms in total. The predicted molar refractivity (Wildman–Crippen MR) is 71.3 cm³/mol. The number of benzene rings is 1. The minimum atomic E-state index is -3.50. The first-order valence-corrected chi connectivity index (χ1v) is 7.36. The second kappa shape index (κ2) is 5.07. The normalized spacial score (nSPS) is 16.2. The molecular formula is C12H17N3O2S. The van der Waals surface area contributed by atoms with Crippen LogP contribution in [0.1, 0.15) is 12.5 Å². The third-order valence-corrected chi connectivity index (χ3v) is 4.17. The van der Waals surface area contributed by atoms with E-state index < -0.39 is 10.0 Å². The Balaban J connectivity index is 2.25.